The highest BCUT2D eigenvalue weighted by atomic mass is 32.2. The van der Waals surface area contributed by atoms with Crippen LogP contribution in [-0.2, 0) is 20.8 Å². The zero-order valence-electron chi connectivity index (χ0n) is 21.5. The molecule has 0 radical (unpaired) electrons. The first-order valence-electron chi connectivity index (χ1n) is 12.6. The van der Waals surface area contributed by atoms with Crippen molar-refractivity contribution in [2.45, 2.75) is 62.7 Å². The summed E-state index contributed by atoms with van der Waals surface area (Å²) in [6.07, 6.45) is 4.79. The zero-order valence-corrected chi connectivity index (χ0v) is 22.3. The summed E-state index contributed by atoms with van der Waals surface area (Å²) in [4.78, 5) is 27.7. The lowest BCUT2D eigenvalue weighted by atomic mass is 9.90. The number of hydrogen-bond donors (Lipinski definition) is 0. The second kappa shape index (κ2) is 12.6. The molecule has 0 aliphatic carbocycles. The molecule has 2 aliphatic heterocycles. The van der Waals surface area contributed by atoms with E-state index >= 15 is 0 Å². The summed E-state index contributed by atoms with van der Waals surface area (Å²) in [7, 11) is 3.24. The molecule has 2 heterocycles. The van der Waals surface area contributed by atoms with Gasteiger partial charge in [-0.15, -0.1) is 6.58 Å². The molecule has 1 amide bonds. The number of allylic oxidation sites excluding steroid dienone is 1. The molecule has 4 rings (SSSR count). The second-order valence-corrected chi connectivity index (χ2v) is 10.3. The van der Waals surface area contributed by atoms with Gasteiger partial charge < -0.3 is 23.8 Å². The van der Waals surface area contributed by atoms with Gasteiger partial charge in [-0.2, -0.15) is 0 Å². The van der Waals surface area contributed by atoms with Gasteiger partial charge in [0.05, 0.1) is 24.8 Å². The van der Waals surface area contributed by atoms with Gasteiger partial charge in [-0.3, -0.25) is 4.79 Å². The van der Waals surface area contributed by atoms with Crippen molar-refractivity contribution in [3.05, 3.63) is 78.4 Å². The van der Waals surface area contributed by atoms with E-state index in [1.165, 1.54) is 11.8 Å². The average Bonchev–Trinajstić information content (AvgIpc) is 3.29. The summed E-state index contributed by atoms with van der Waals surface area (Å²) >= 11 is 1.26. The topological polar surface area (TPSA) is 74.3 Å². The highest BCUT2D eigenvalue weighted by Crippen LogP contribution is 2.43. The van der Waals surface area contributed by atoms with Crippen LogP contribution in [0.2, 0.25) is 0 Å². The van der Waals surface area contributed by atoms with Crippen LogP contribution in [0.15, 0.2) is 67.3 Å². The van der Waals surface area contributed by atoms with Crippen molar-refractivity contribution < 1.29 is 28.5 Å². The van der Waals surface area contributed by atoms with Gasteiger partial charge in [0.2, 0.25) is 0 Å². The molecule has 2 aliphatic rings. The van der Waals surface area contributed by atoms with Gasteiger partial charge in [0.15, 0.2) is 5.79 Å². The van der Waals surface area contributed by atoms with Crippen LogP contribution >= 0.6 is 11.8 Å². The lowest BCUT2D eigenvalue weighted by Crippen LogP contribution is -2.60. The van der Waals surface area contributed by atoms with Crippen molar-refractivity contribution in [3.63, 3.8) is 0 Å². The quantitative estimate of drug-likeness (QED) is 0.207. The number of hydrogen-bond acceptors (Lipinski definition) is 7. The first-order valence-corrected chi connectivity index (χ1v) is 13.6. The van der Waals surface area contributed by atoms with E-state index < -0.39 is 11.9 Å². The van der Waals surface area contributed by atoms with E-state index in [1.807, 2.05) is 53.4 Å². The molecule has 2 aromatic rings. The van der Waals surface area contributed by atoms with Crippen molar-refractivity contribution in [1.82, 2.24) is 4.90 Å². The van der Waals surface area contributed by atoms with E-state index in [0.717, 1.165) is 30.6 Å². The molecule has 0 spiro atoms. The van der Waals surface area contributed by atoms with Crippen LogP contribution in [-0.4, -0.2) is 60.1 Å². The molecule has 0 aromatic heterocycles. The Balaban J connectivity index is 1.57. The predicted octanol–water partition coefficient (Wildman–Crippen LogP) is 5.84. The lowest BCUT2D eigenvalue weighted by Gasteiger charge is -2.48. The van der Waals surface area contributed by atoms with E-state index in [2.05, 4.69) is 6.58 Å². The summed E-state index contributed by atoms with van der Waals surface area (Å²) in [6.45, 7) is 4.24. The van der Waals surface area contributed by atoms with E-state index in [-0.39, 0.29) is 23.4 Å². The molecular weight excluding hydrogens is 490 g/mol. The number of carbonyl (C=O) groups excluding carboxylic acids is 2. The normalized spacial score (nSPS) is 25.6. The van der Waals surface area contributed by atoms with Gasteiger partial charge >= 0.3 is 5.97 Å². The number of methoxy groups -OCH3 is 2. The van der Waals surface area contributed by atoms with Gasteiger partial charge in [0.25, 0.3) is 5.24 Å². The fraction of sp³-hybridized carbons (Fsp3) is 0.448. The Morgan fingerprint density at radius 1 is 1.19 bits per heavy atom. The summed E-state index contributed by atoms with van der Waals surface area (Å²) in [5.41, 5.74) is 1.49. The number of unbranched alkanes of at least 4 members (excludes halogenated alkanes) is 1. The number of nitrogens with zero attached hydrogens (tertiary/aromatic N) is 1. The minimum Gasteiger partial charge on any atom is -0.497 e. The maximum atomic E-state index is 13.0. The van der Waals surface area contributed by atoms with Gasteiger partial charge in [-0.05, 0) is 49.1 Å². The van der Waals surface area contributed by atoms with Crippen molar-refractivity contribution in [1.29, 1.82) is 0 Å². The number of carbonyl (C=O) groups is 2. The Kier molecular flexibility index (Phi) is 9.29. The molecule has 198 valence electrons. The minimum absolute atomic E-state index is 0.0209. The van der Waals surface area contributed by atoms with E-state index in [1.54, 1.807) is 26.4 Å². The van der Waals surface area contributed by atoms with Gasteiger partial charge in [0.1, 0.15) is 11.9 Å². The molecule has 37 heavy (non-hydrogen) atoms. The molecule has 2 saturated heterocycles. The molecule has 0 N–H and O–H groups in total. The maximum Gasteiger partial charge on any atom is 0.338 e. The number of ether oxygens (including phenoxy) is 4. The van der Waals surface area contributed by atoms with E-state index in [0.29, 0.717) is 30.7 Å². The minimum atomic E-state index is -1.09. The number of thioether (sulfide) groups is 1. The largest absolute Gasteiger partial charge is 0.497 e. The summed E-state index contributed by atoms with van der Waals surface area (Å²) in [6, 6.07) is 16.3. The van der Waals surface area contributed by atoms with Crippen LogP contribution in [0.25, 0.3) is 0 Å². The Morgan fingerprint density at radius 3 is 2.62 bits per heavy atom. The number of benzene rings is 2. The first-order chi connectivity index (χ1) is 18.0. The second-order valence-electron chi connectivity index (χ2n) is 9.38. The first kappa shape index (κ1) is 27.2. The van der Waals surface area contributed by atoms with Crippen molar-refractivity contribution in [2.75, 3.05) is 20.0 Å². The Labute approximate surface area is 223 Å². The fourth-order valence-corrected chi connectivity index (χ4v) is 6.11. The van der Waals surface area contributed by atoms with Gasteiger partial charge in [0, 0.05) is 32.2 Å². The Hall–Kier alpha value is -2.81. The fourth-order valence-electron chi connectivity index (χ4n) is 5.02. The highest BCUT2D eigenvalue weighted by Gasteiger charge is 2.54. The van der Waals surface area contributed by atoms with E-state index in [9.17, 15) is 9.59 Å². The maximum absolute atomic E-state index is 13.0. The van der Waals surface area contributed by atoms with Crippen LogP contribution in [0.3, 0.4) is 0 Å². The van der Waals surface area contributed by atoms with Crippen molar-refractivity contribution >= 4 is 23.0 Å². The highest BCUT2D eigenvalue weighted by molar-refractivity contribution is 8.13. The van der Waals surface area contributed by atoms with Gasteiger partial charge in [-0.1, -0.05) is 48.2 Å². The number of rotatable bonds is 11. The average molecular weight is 526 g/mol. The van der Waals surface area contributed by atoms with Crippen LogP contribution in [0.5, 0.6) is 5.75 Å². The molecule has 8 heteroatoms. The molecule has 2 aromatic carbocycles. The van der Waals surface area contributed by atoms with E-state index in [4.69, 9.17) is 18.9 Å². The summed E-state index contributed by atoms with van der Waals surface area (Å²) in [5.74, 6) is -0.169. The molecule has 0 bridgehead atoms. The third-order valence-corrected chi connectivity index (χ3v) is 7.93. The third-order valence-electron chi connectivity index (χ3n) is 6.96. The van der Waals surface area contributed by atoms with Crippen LogP contribution < -0.4 is 4.74 Å². The van der Waals surface area contributed by atoms with Crippen LogP contribution in [0.1, 0.15) is 48.0 Å². The van der Waals surface area contributed by atoms with Crippen molar-refractivity contribution in [2.24, 2.45) is 0 Å². The van der Waals surface area contributed by atoms with Crippen LogP contribution in [0, 0.1) is 0 Å². The molecule has 7 nitrogen and oxygen atoms in total. The lowest BCUT2D eigenvalue weighted by molar-refractivity contribution is -0.304. The SMILES string of the molecule is C=CCCCC1CC(OC(=O)c2ccccc2)CC(OC)(C2CSC(=O)N2Cc2ccc(OC)cc2)O1. The summed E-state index contributed by atoms with van der Waals surface area (Å²) < 4.78 is 24.0. The summed E-state index contributed by atoms with van der Waals surface area (Å²) in [5, 5.41) is -0.0209. The Morgan fingerprint density at radius 2 is 1.95 bits per heavy atom. The molecule has 2 fully saturated rings. The third kappa shape index (κ3) is 6.55. The monoisotopic (exact) mass is 525 g/mol. The zero-order chi connectivity index (χ0) is 26.3. The van der Waals surface area contributed by atoms with Crippen molar-refractivity contribution in [3.8, 4) is 5.75 Å². The Bertz CT molecular complexity index is 1060. The molecule has 0 saturated carbocycles. The number of amides is 1. The predicted molar refractivity (Wildman–Crippen MR) is 144 cm³/mol. The smallest absolute Gasteiger partial charge is 0.338 e. The molecule has 4 atom stereocenters. The molecule has 4 unspecified atom stereocenters. The standard InChI is InChI=1S/C29H35NO6S/c1-4-5-7-12-24-17-25(35-27(31)22-10-8-6-9-11-22)18-29(34-3,36-24)26-20-37-28(32)30(26)19-21-13-15-23(33-2)16-14-21/h4,6,8-11,13-16,24-26H,1,5,7,12,17-20H2,2-3H3. The van der Waals surface area contributed by atoms with Gasteiger partial charge in [-0.25, -0.2) is 4.79 Å². The number of esters is 1. The molecular formula is C29H35NO6S. The van der Waals surface area contributed by atoms with Crippen LogP contribution in [0.4, 0.5) is 4.79 Å².